The highest BCUT2D eigenvalue weighted by atomic mass is 32.2. The molecule has 0 radical (unpaired) electrons. The Morgan fingerprint density at radius 2 is 1.81 bits per heavy atom. The van der Waals surface area contributed by atoms with Crippen molar-refractivity contribution in [3.8, 4) is 28.4 Å². The molecule has 0 saturated carbocycles. The van der Waals surface area contributed by atoms with Crippen molar-refractivity contribution in [2.24, 2.45) is 0 Å². The molecule has 2 heterocycles. The lowest BCUT2D eigenvalue weighted by Crippen LogP contribution is -2.09. The van der Waals surface area contributed by atoms with Gasteiger partial charge in [-0.05, 0) is 37.1 Å². The van der Waals surface area contributed by atoms with Gasteiger partial charge in [0.1, 0.15) is 29.0 Å². The van der Waals surface area contributed by atoms with Crippen LogP contribution in [0.3, 0.4) is 0 Å². The maximum Gasteiger partial charge on any atom is 0.172 e. The summed E-state index contributed by atoms with van der Waals surface area (Å²) in [6.45, 7) is 4.85. The number of aryl methyl sites for hydroxylation is 1. The van der Waals surface area contributed by atoms with Crippen molar-refractivity contribution in [1.82, 2.24) is 13.9 Å². The minimum atomic E-state index is -1.31. The third kappa shape index (κ3) is 4.11. The first kappa shape index (κ1) is 21.2. The summed E-state index contributed by atoms with van der Waals surface area (Å²) in [6.07, 6.45) is 3.41. The van der Waals surface area contributed by atoms with Crippen molar-refractivity contribution in [1.29, 1.82) is 0 Å². The highest BCUT2D eigenvalue weighted by Crippen LogP contribution is 2.34. The summed E-state index contributed by atoms with van der Waals surface area (Å²) in [5.41, 5.74) is 6.20. The topological polar surface area (TPSA) is 66.2 Å². The van der Waals surface area contributed by atoms with E-state index in [-0.39, 0.29) is 0 Å². The van der Waals surface area contributed by atoms with Gasteiger partial charge in [-0.2, -0.15) is 0 Å². The molecule has 4 aromatic rings. The number of nitrogens with zero attached hydrogens (tertiary/aromatic N) is 3. The van der Waals surface area contributed by atoms with Crippen molar-refractivity contribution in [3.05, 3.63) is 65.9 Å². The van der Waals surface area contributed by atoms with E-state index in [2.05, 4.69) is 17.1 Å². The third-order valence-corrected chi connectivity index (χ3v) is 6.05. The summed E-state index contributed by atoms with van der Waals surface area (Å²) >= 11 is 0. The molecule has 160 valence electrons. The van der Waals surface area contributed by atoms with Gasteiger partial charge in [-0.15, -0.1) is 0 Å². The van der Waals surface area contributed by atoms with Crippen LogP contribution in [0.25, 0.3) is 33.7 Å². The molecule has 0 amide bonds. The highest BCUT2D eigenvalue weighted by Gasteiger charge is 2.21. The van der Waals surface area contributed by atoms with Gasteiger partial charge in [-0.3, -0.25) is 4.98 Å². The summed E-state index contributed by atoms with van der Waals surface area (Å²) in [4.78, 5) is 9.47. The predicted molar refractivity (Wildman–Crippen MR) is 125 cm³/mol. The fourth-order valence-corrected chi connectivity index (χ4v) is 4.47. The van der Waals surface area contributed by atoms with E-state index in [0.29, 0.717) is 24.7 Å². The van der Waals surface area contributed by atoms with Crippen LogP contribution in [0.5, 0.6) is 5.75 Å². The van der Waals surface area contributed by atoms with E-state index in [0.717, 1.165) is 39.0 Å². The number of hydrogen-bond acceptors (Lipinski definition) is 5. The number of imidazole rings is 1. The van der Waals surface area contributed by atoms with Crippen LogP contribution in [-0.4, -0.2) is 44.7 Å². The zero-order chi connectivity index (χ0) is 22.0. The molecule has 0 aliphatic carbocycles. The van der Waals surface area contributed by atoms with Gasteiger partial charge in [0.15, 0.2) is 5.82 Å². The number of benzene rings is 2. The Bertz CT molecular complexity index is 1250. The van der Waals surface area contributed by atoms with Gasteiger partial charge in [0.05, 0.1) is 17.6 Å². The average molecular weight is 436 g/mol. The van der Waals surface area contributed by atoms with Crippen LogP contribution in [0.2, 0.25) is 0 Å². The maximum absolute atomic E-state index is 12.7. The SMILES string of the molecule is COCCOc1c(C)cnc(-c2nc3cc(-c4ccccc4)ccc3n2S(C)=O)c1C. The summed E-state index contributed by atoms with van der Waals surface area (Å²) in [6, 6.07) is 16.2. The van der Waals surface area contributed by atoms with Crippen LogP contribution >= 0.6 is 0 Å². The Labute approximate surface area is 184 Å². The Morgan fingerprint density at radius 1 is 1.03 bits per heavy atom. The minimum Gasteiger partial charge on any atom is -0.490 e. The molecule has 0 aliphatic rings. The van der Waals surface area contributed by atoms with Crippen molar-refractivity contribution >= 4 is 22.0 Å². The summed E-state index contributed by atoms with van der Waals surface area (Å²) in [5.74, 6) is 1.32. The predicted octanol–water partition coefficient (Wildman–Crippen LogP) is 4.55. The Balaban J connectivity index is 1.86. The molecule has 2 aromatic carbocycles. The fraction of sp³-hybridized carbons (Fsp3) is 0.250. The lowest BCUT2D eigenvalue weighted by Gasteiger charge is -2.14. The molecule has 0 N–H and O–H groups in total. The quantitative estimate of drug-likeness (QED) is 0.399. The first-order valence-corrected chi connectivity index (χ1v) is 11.5. The fourth-order valence-electron chi connectivity index (χ4n) is 3.67. The third-order valence-electron chi connectivity index (χ3n) is 5.16. The Morgan fingerprint density at radius 3 is 2.52 bits per heavy atom. The van der Waals surface area contributed by atoms with Crippen LogP contribution in [-0.2, 0) is 15.7 Å². The molecule has 31 heavy (non-hydrogen) atoms. The lowest BCUT2D eigenvalue weighted by atomic mass is 10.1. The van der Waals surface area contributed by atoms with E-state index in [1.807, 2.05) is 50.2 Å². The normalized spacial score (nSPS) is 12.3. The van der Waals surface area contributed by atoms with E-state index >= 15 is 0 Å². The molecule has 6 nitrogen and oxygen atoms in total. The van der Waals surface area contributed by atoms with Gasteiger partial charge in [-0.25, -0.2) is 13.2 Å². The van der Waals surface area contributed by atoms with Crippen LogP contribution < -0.4 is 4.74 Å². The van der Waals surface area contributed by atoms with Gasteiger partial charge >= 0.3 is 0 Å². The zero-order valence-electron chi connectivity index (χ0n) is 18.1. The van der Waals surface area contributed by atoms with E-state index in [1.54, 1.807) is 23.5 Å². The van der Waals surface area contributed by atoms with Crippen molar-refractivity contribution < 1.29 is 13.7 Å². The van der Waals surface area contributed by atoms with Gasteiger partial charge in [0.25, 0.3) is 0 Å². The number of ether oxygens (including phenoxy) is 2. The van der Waals surface area contributed by atoms with Crippen molar-refractivity contribution in [2.45, 2.75) is 13.8 Å². The van der Waals surface area contributed by atoms with Gasteiger partial charge in [-0.1, -0.05) is 36.4 Å². The Hall–Kier alpha value is -3.03. The molecular weight excluding hydrogens is 410 g/mol. The molecule has 1 atom stereocenters. The van der Waals surface area contributed by atoms with Crippen molar-refractivity contribution in [3.63, 3.8) is 0 Å². The number of pyridine rings is 1. The zero-order valence-corrected chi connectivity index (χ0v) is 18.9. The second-order valence-corrected chi connectivity index (χ2v) is 8.52. The van der Waals surface area contributed by atoms with Crippen LogP contribution in [0.4, 0.5) is 0 Å². The summed E-state index contributed by atoms with van der Waals surface area (Å²) < 4.78 is 25.5. The largest absolute Gasteiger partial charge is 0.490 e. The van der Waals surface area contributed by atoms with E-state index in [4.69, 9.17) is 14.5 Å². The molecule has 0 spiro atoms. The molecule has 0 saturated heterocycles. The monoisotopic (exact) mass is 435 g/mol. The van der Waals surface area contributed by atoms with Crippen molar-refractivity contribution in [2.75, 3.05) is 26.6 Å². The average Bonchev–Trinajstić information content (AvgIpc) is 3.15. The highest BCUT2D eigenvalue weighted by molar-refractivity contribution is 7.83. The van der Waals surface area contributed by atoms with Crippen LogP contribution in [0.15, 0.2) is 54.7 Å². The number of aromatic nitrogens is 3. The number of hydrogen-bond donors (Lipinski definition) is 0. The molecule has 0 fully saturated rings. The first-order chi connectivity index (χ1) is 15.0. The molecule has 4 rings (SSSR count). The summed E-state index contributed by atoms with van der Waals surface area (Å²) in [5, 5.41) is 0. The smallest absolute Gasteiger partial charge is 0.172 e. The van der Waals surface area contributed by atoms with Crippen LogP contribution in [0, 0.1) is 13.8 Å². The second-order valence-electron chi connectivity index (χ2n) is 7.31. The molecule has 0 aliphatic heterocycles. The van der Waals surface area contributed by atoms with Gasteiger partial charge < -0.3 is 9.47 Å². The number of methoxy groups -OCH3 is 1. The van der Waals surface area contributed by atoms with E-state index in [1.165, 1.54) is 0 Å². The van der Waals surface area contributed by atoms with Gasteiger partial charge in [0.2, 0.25) is 0 Å². The lowest BCUT2D eigenvalue weighted by molar-refractivity contribution is 0.145. The molecule has 1 unspecified atom stereocenters. The number of fused-ring (bicyclic) bond motifs is 1. The molecular formula is C24H25N3O3S. The standard InChI is InChI=1S/C24H25N3O3S/c1-16-15-25-22(17(2)23(16)30-13-12-29-3)24-26-20-14-19(18-8-6-5-7-9-18)10-11-21(20)27(24)31(4)28/h5-11,14-15H,12-13H2,1-4H3. The molecule has 0 bridgehead atoms. The maximum atomic E-state index is 12.7. The molecule has 7 heteroatoms. The minimum absolute atomic E-state index is 0.443. The first-order valence-electron chi connectivity index (χ1n) is 10.0. The van der Waals surface area contributed by atoms with E-state index < -0.39 is 11.0 Å². The van der Waals surface area contributed by atoms with Crippen LogP contribution in [0.1, 0.15) is 11.1 Å². The Kier molecular flexibility index (Phi) is 6.15. The second kappa shape index (κ2) is 8.99. The number of rotatable bonds is 7. The summed E-state index contributed by atoms with van der Waals surface area (Å²) in [7, 11) is 0.333. The van der Waals surface area contributed by atoms with E-state index in [9.17, 15) is 4.21 Å². The molecule has 2 aromatic heterocycles. The van der Waals surface area contributed by atoms with Gasteiger partial charge in [0, 0.05) is 30.7 Å².